The summed E-state index contributed by atoms with van der Waals surface area (Å²) in [5, 5.41) is 27.7. The Morgan fingerprint density at radius 1 is 0.645 bits per heavy atom. The molecule has 11 heteroatoms. The van der Waals surface area contributed by atoms with Crippen LogP contribution >= 0.6 is 0 Å². The maximum Gasteiger partial charge on any atom is 0.317 e. The number of carboxylic acids is 3. The van der Waals surface area contributed by atoms with Crippen LogP contribution < -0.4 is 10.6 Å². The number of nitrogens with zero attached hydrogens (tertiary/aromatic N) is 4. The molecule has 31 heavy (non-hydrogen) atoms. The first kappa shape index (κ1) is 24.4. The fraction of sp³-hybridized carbons (Fsp3) is 0.550. The maximum atomic E-state index is 11.3. The van der Waals surface area contributed by atoms with Crippen LogP contribution in [0.25, 0.3) is 0 Å². The standard InChI is InChI=1S/C20H31N5O6/c21-16-1-3-17(4-2-16)25-11-9-23(14-19(28)29)7-5-22(13-18(26)27)6-8-24(10-12-25)15-20(30)31/h1-4H,5-15,21H2,(H,26,27)(H,28,29)(H,30,31). The van der Waals surface area contributed by atoms with Crippen molar-refractivity contribution in [3.8, 4) is 0 Å². The Morgan fingerprint density at radius 3 is 1.29 bits per heavy atom. The van der Waals surface area contributed by atoms with Crippen LogP contribution in [0, 0.1) is 0 Å². The summed E-state index contributed by atoms with van der Waals surface area (Å²) in [6, 6.07) is 7.36. The first-order valence-electron chi connectivity index (χ1n) is 10.2. The second-order valence-corrected chi connectivity index (χ2v) is 7.59. The van der Waals surface area contributed by atoms with Gasteiger partial charge in [0.25, 0.3) is 0 Å². The van der Waals surface area contributed by atoms with Gasteiger partial charge in [-0.25, -0.2) is 0 Å². The number of carboxylic acid groups (broad SMARTS) is 3. The van der Waals surface area contributed by atoms with E-state index in [0.29, 0.717) is 58.0 Å². The number of carbonyl (C=O) groups is 3. The van der Waals surface area contributed by atoms with E-state index in [1.54, 1.807) is 26.8 Å². The summed E-state index contributed by atoms with van der Waals surface area (Å²) in [6.07, 6.45) is 0. The molecule has 0 aromatic heterocycles. The van der Waals surface area contributed by atoms with Crippen molar-refractivity contribution in [2.45, 2.75) is 0 Å². The number of hydrogen-bond donors (Lipinski definition) is 4. The SMILES string of the molecule is Nc1ccc(N2CCN(CC(=O)O)CCN(CC(=O)O)CCN(CC(=O)O)CC2)cc1. The molecule has 1 aromatic carbocycles. The predicted octanol–water partition coefficient (Wildman–Crippen LogP) is -0.751. The second kappa shape index (κ2) is 12.1. The van der Waals surface area contributed by atoms with Crippen LogP contribution in [0.5, 0.6) is 0 Å². The Balaban J connectivity index is 2.20. The van der Waals surface area contributed by atoms with Gasteiger partial charge in [-0.3, -0.25) is 29.1 Å². The van der Waals surface area contributed by atoms with Gasteiger partial charge in [-0.05, 0) is 24.3 Å². The second-order valence-electron chi connectivity index (χ2n) is 7.59. The van der Waals surface area contributed by atoms with E-state index in [0.717, 1.165) is 5.69 Å². The van der Waals surface area contributed by atoms with E-state index < -0.39 is 17.9 Å². The largest absolute Gasteiger partial charge is 0.480 e. The van der Waals surface area contributed by atoms with Crippen molar-refractivity contribution in [2.24, 2.45) is 0 Å². The first-order valence-corrected chi connectivity index (χ1v) is 10.2. The minimum absolute atomic E-state index is 0.137. The zero-order chi connectivity index (χ0) is 22.8. The Morgan fingerprint density at radius 2 is 0.968 bits per heavy atom. The number of nitrogen functional groups attached to an aromatic ring is 1. The van der Waals surface area contributed by atoms with E-state index in [1.165, 1.54) is 0 Å². The molecule has 0 unspecified atom stereocenters. The number of benzene rings is 1. The van der Waals surface area contributed by atoms with Crippen molar-refractivity contribution < 1.29 is 29.7 Å². The van der Waals surface area contributed by atoms with Crippen LogP contribution in [0.4, 0.5) is 11.4 Å². The highest BCUT2D eigenvalue weighted by molar-refractivity contribution is 5.70. The van der Waals surface area contributed by atoms with Crippen LogP contribution in [0.3, 0.4) is 0 Å². The van der Waals surface area contributed by atoms with Crippen molar-refractivity contribution >= 4 is 29.3 Å². The van der Waals surface area contributed by atoms with Gasteiger partial charge < -0.3 is 26.0 Å². The van der Waals surface area contributed by atoms with Gasteiger partial charge in [0.1, 0.15) is 0 Å². The van der Waals surface area contributed by atoms with Crippen molar-refractivity contribution in [1.29, 1.82) is 0 Å². The zero-order valence-electron chi connectivity index (χ0n) is 17.5. The number of rotatable bonds is 7. The summed E-state index contributed by atoms with van der Waals surface area (Å²) >= 11 is 0. The minimum Gasteiger partial charge on any atom is -0.480 e. The van der Waals surface area contributed by atoms with E-state index in [9.17, 15) is 29.7 Å². The van der Waals surface area contributed by atoms with Gasteiger partial charge in [0.2, 0.25) is 0 Å². The summed E-state index contributed by atoms with van der Waals surface area (Å²) < 4.78 is 0. The van der Waals surface area contributed by atoms with Crippen LogP contribution in [0.2, 0.25) is 0 Å². The van der Waals surface area contributed by atoms with Crippen molar-refractivity contribution in [1.82, 2.24) is 14.7 Å². The summed E-state index contributed by atoms with van der Waals surface area (Å²) in [4.78, 5) is 41.2. The molecule has 0 bridgehead atoms. The molecule has 172 valence electrons. The molecule has 0 spiro atoms. The maximum absolute atomic E-state index is 11.3. The number of aliphatic carboxylic acids is 3. The van der Waals surface area contributed by atoms with Gasteiger partial charge in [-0.1, -0.05) is 0 Å². The lowest BCUT2D eigenvalue weighted by molar-refractivity contribution is -0.140. The van der Waals surface area contributed by atoms with Crippen molar-refractivity contribution in [3.63, 3.8) is 0 Å². The fourth-order valence-corrected chi connectivity index (χ4v) is 3.53. The van der Waals surface area contributed by atoms with Gasteiger partial charge in [0.15, 0.2) is 0 Å². The molecule has 1 aliphatic rings. The summed E-state index contributed by atoms with van der Waals surface area (Å²) in [5.41, 5.74) is 7.34. The monoisotopic (exact) mass is 437 g/mol. The van der Waals surface area contributed by atoms with E-state index in [2.05, 4.69) is 4.90 Å². The molecule has 11 nitrogen and oxygen atoms in total. The molecule has 0 amide bonds. The molecule has 1 heterocycles. The van der Waals surface area contributed by atoms with E-state index in [4.69, 9.17) is 5.73 Å². The lowest BCUT2D eigenvalue weighted by atomic mass is 10.2. The fourth-order valence-electron chi connectivity index (χ4n) is 3.53. The van der Waals surface area contributed by atoms with Crippen molar-refractivity contribution in [2.75, 3.05) is 82.6 Å². The van der Waals surface area contributed by atoms with Crippen LogP contribution in [-0.2, 0) is 14.4 Å². The topological polar surface area (TPSA) is 151 Å². The van der Waals surface area contributed by atoms with E-state index >= 15 is 0 Å². The first-order chi connectivity index (χ1) is 14.7. The molecule has 0 saturated carbocycles. The molecule has 1 saturated heterocycles. The predicted molar refractivity (Wildman–Crippen MR) is 115 cm³/mol. The summed E-state index contributed by atoms with van der Waals surface area (Å²) in [6.45, 7) is 3.11. The average Bonchev–Trinajstić information content (AvgIpc) is 2.68. The van der Waals surface area contributed by atoms with Crippen LogP contribution in [0.1, 0.15) is 0 Å². The van der Waals surface area contributed by atoms with Crippen LogP contribution in [0.15, 0.2) is 24.3 Å². The van der Waals surface area contributed by atoms with E-state index in [-0.39, 0.29) is 19.6 Å². The number of hydrogen-bond acceptors (Lipinski definition) is 8. The molecule has 1 aliphatic heterocycles. The third kappa shape index (κ3) is 9.20. The van der Waals surface area contributed by atoms with Crippen LogP contribution in [-0.4, -0.2) is 120 Å². The zero-order valence-corrected chi connectivity index (χ0v) is 17.5. The number of anilines is 2. The third-order valence-corrected chi connectivity index (χ3v) is 5.17. The Kier molecular flexibility index (Phi) is 9.50. The van der Waals surface area contributed by atoms with E-state index in [1.807, 2.05) is 12.1 Å². The molecular weight excluding hydrogens is 406 g/mol. The minimum atomic E-state index is -0.976. The molecular formula is C20H31N5O6. The van der Waals surface area contributed by atoms with Gasteiger partial charge in [-0.2, -0.15) is 0 Å². The molecule has 1 aromatic rings. The lowest BCUT2D eigenvalue weighted by Crippen LogP contribution is -2.48. The normalized spacial score (nSPS) is 18.1. The highest BCUT2D eigenvalue weighted by atomic mass is 16.4. The Labute approximate surface area is 181 Å². The molecule has 1 fully saturated rings. The Bertz CT molecular complexity index is 712. The lowest BCUT2D eigenvalue weighted by Gasteiger charge is -2.34. The third-order valence-electron chi connectivity index (χ3n) is 5.17. The highest BCUT2D eigenvalue weighted by Gasteiger charge is 2.20. The quantitative estimate of drug-likeness (QED) is 0.399. The van der Waals surface area contributed by atoms with Gasteiger partial charge >= 0.3 is 17.9 Å². The van der Waals surface area contributed by atoms with Gasteiger partial charge in [0, 0.05) is 63.7 Å². The molecule has 2 rings (SSSR count). The summed E-state index contributed by atoms with van der Waals surface area (Å²) in [5.74, 6) is -2.86. The summed E-state index contributed by atoms with van der Waals surface area (Å²) in [7, 11) is 0. The molecule has 0 atom stereocenters. The van der Waals surface area contributed by atoms with Crippen molar-refractivity contribution in [3.05, 3.63) is 24.3 Å². The smallest absolute Gasteiger partial charge is 0.317 e. The molecule has 5 N–H and O–H groups in total. The van der Waals surface area contributed by atoms with Gasteiger partial charge in [-0.15, -0.1) is 0 Å². The average molecular weight is 437 g/mol. The Hall–Kier alpha value is -2.89. The van der Waals surface area contributed by atoms with Gasteiger partial charge in [0.05, 0.1) is 19.6 Å². The molecule has 0 radical (unpaired) electrons. The molecule has 0 aliphatic carbocycles. The number of nitrogens with two attached hydrogens (primary N) is 1. The highest BCUT2D eigenvalue weighted by Crippen LogP contribution is 2.16.